The van der Waals surface area contributed by atoms with Crippen molar-refractivity contribution >= 4 is 15.7 Å². The number of amides is 1. The summed E-state index contributed by atoms with van der Waals surface area (Å²) in [4.78, 5) is 14.9. The molecule has 0 saturated carbocycles. The number of carbonyl (C=O) groups is 1. The Labute approximate surface area is 177 Å². The van der Waals surface area contributed by atoms with Crippen LogP contribution < -0.4 is 9.47 Å². The highest BCUT2D eigenvalue weighted by molar-refractivity contribution is 7.92. The molecule has 30 heavy (non-hydrogen) atoms. The highest BCUT2D eigenvalue weighted by atomic mass is 32.2. The lowest BCUT2D eigenvalue weighted by Gasteiger charge is -2.51. The first-order valence-corrected chi connectivity index (χ1v) is 11.6. The van der Waals surface area contributed by atoms with E-state index in [4.69, 9.17) is 9.47 Å². The van der Waals surface area contributed by atoms with E-state index in [-0.39, 0.29) is 4.90 Å². The minimum absolute atomic E-state index is 0.165. The number of methoxy groups -OCH3 is 1. The van der Waals surface area contributed by atoms with E-state index in [1.54, 1.807) is 44.5 Å². The van der Waals surface area contributed by atoms with Crippen LogP contribution in [0.25, 0.3) is 0 Å². The average molecular weight is 430 g/mol. The molecule has 2 aliphatic heterocycles. The van der Waals surface area contributed by atoms with E-state index in [1.807, 2.05) is 19.1 Å². The zero-order valence-electron chi connectivity index (χ0n) is 17.9. The highest BCUT2D eigenvalue weighted by Crippen LogP contribution is 2.50. The molecule has 1 amide bonds. The van der Waals surface area contributed by atoms with E-state index in [0.29, 0.717) is 29.4 Å². The minimum Gasteiger partial charge on any atom is -0.497 e. The number of sulfone groups is 1. The second-order valence-electron chi connectivity index (χ2n) is 8.58. The maximum absolute atomic E-state index is 13.7. The second kappa shape index (κ2) is 7.01. The number of ether oxygens (including phenoxy) is 2. The van der Waals surface area contributed by atoms with Gasteiger partial charge in [0.15, 0.2) is 20.8 Å². The van der Waals surface area contributed by atoms with Crippen LogP contribution >= 0.6 is 0 Å². The van der Waals surface area contributed by atoms with Gasteiger partial charge in [-0.25, -0.2) is 8.42 Å². The summed E-state index contributed by atoms with van der Waals surface area (Å²) in [6.45, 7) is 5.93. The van der Waals surface area contributed by atoms with Gasteiger partial charge in [0.05, 0.1) is 12.0 Å². The molecule has 1 fully saturated rings. The van der Waals surface area contributed by atoms with Gasteiger partial charge in [-0.1, -0.05) is 26.0 Å². The average Bonchev–Trinajstić information content (AvgIpc) is 2.72. The fourth-order valence-corrected chi connectivity index (χ4v) is 6.35. The third kappa shape index (κ3) is 3.07. The number of nitrogens with zero attached hydrogens (tertiary/aromatic N) is 1. The molecule has 2 aliphatic rings. The topological polar surface area (TPSA) is 72.9 Å². The van der Waals surface area contributed by atoms with Crippen molar-refractivity contribution in [3.8, 4) is 11.5 Å². The zero-order valence-corrected chi connectivity index (χ0v) is 18.7. The number of hydrogen-bond donors (Lipinski definition) is 0. The van der Waals surface area contributed by atoms with Crippen LogP contribution in [0.3, 0.4) is 0 Å². The summed E-state index contributed by atoms with van der Waals surface area (Å²) in [5.41, 5.74) is 0.854. The number of piperidine rings is 1. The molecule has 0 unspecified atom stereocenters. The SMILES string of the molecule is COc1ccc2c(c1)[C@@H]1C[C@](C)(O2)N(C)C(=O)[C@@H]1S(=O)(=O)c1ccc(C(C)C)cc1. The van der Waals surface area contributed by atoms with E-state index < -0.39 is 32.6 Å². The van der Waals surface area contributed by atoms with E-state index in [9.17, 15) is 13.2 Å². The Balaban J connectivity index is 1.85. The van der Waals surface area contributed by atoms with Crippen molar-refractivity contribution in [2.75, 3.05) is 14.2 Å². The third-order valence-corrected chi connectivity index (χ3v) is 8.53. The number of hydrogen-bond acceptors (Lipinski definition) is 5. The quantitative estimate of drug-likeness (QED) is 0.741. The van der Waals surface area contributed by atoms with Crippen LogP contribution in [0.1, 0.15) is 50.2 Å². The number of carbonyl (C=O) groups excluding carboxylic acids is 1. The molecule has 7 heteroatoms. The first-order chi connectivity index (χ1) is 14.1. The molecule has 0 aromatic heterocycles. The Bertz CT molecular complexity index is 1090. The molecule has 2 aromatic carbocycles. The van der Waals surface area contributed by atoms with Gasteiger partial charge < -0.3 is 14.4 Å². The minimum atomic E-state index is -3.91. The molecule has 1 saturated heterocycles. The molecule has 2 bridgehead atoms. The van der Waals surface area contributed by atoms with E-state index in [2.05, 4.69) is 13.8 Å². The van der Waals surface area contributed by atoms with Crippen molar-refractivity contribution < 1.29 is 22.7 Å². The van der Waals surface area contributed by atoms with Crippen LogP contribution in [-0.2, 0) is 14.6 Å². The molecule has 0 aliphatic carbocycles. The number of fused-ring (bicyclic) bond motifs is 4. The highest BCUT2D eigenvalue weighted by Gasteiger charge is 2.57. The van der Waals surface area contributed by atoms with Crippen LogP contribution in [-0.4, -0.2) is 44.4 Å². The van der Waals surface area contributed by atoms with Gasteiger partial charge in [-0.05, 0) is 48.7 Å². The Morgan fingerprint density at radius 3 is 2.43 bits per heavy atom. The summed E-state index contributed by atoms with van der Waals surface area (Å²) in [5.74, 6) is 0.510. The van der Waals surface area contributed by atoms with Crippen molar-refractivity contribution in [2.24, 2.45) is 0 Å². The van der Waals surface area contributed by atoms with Crippen molar-refractivity contribution in [3.05, 3.63) is 53.6 Å². The smallest absolute Gasteiger partial charge is 0.244 e. The molecule has 0 spiro atoms. The molecular formula is C23H27NO5S. The van der Waals surface area contributed by atoms with Crippen LogP contribution in [0.2, 0.25) is 0 Å². The molecule has 2 heterocycles. The van der Waals surface area contributed by atoms with Crippen molar-refractivity contribution in [1.82, 2.24) is 4.90 Å². The standard InChI is InChI=1S/C23H27NO5S/c1-14(2)15-6-9-17(10-7-15)30(26,27)21-19-13-23(3,24(4)22(21)25)29-20-11-8-16(28-5)12-18(19)20/h6-12,14,19,21H,13H2,1-5H3/t19-,21+,23-/m0/s1. The zero-order chi connectivity index (χ0) is 21.8. The summed E-state index contributed by atoms with van der Waals surface area (Å²) in [5, 5.41) is -1.21. The van der Waals surface area contributed by atoms with Gasteiger partial charge in [-0.3, -0.25) is 4.79 Å². The second-order valence-corrected chi connectivity index (χ2v) is 10.6. The van der Waals surface area contributed by atoms with E-state index in [0.717, 1.165) is 5.56 Å². The molecule has 160 valence electrons. The van der Waals surface area contributed by atoms with Crippen LogP contribution in [0.4, 0.5) is 0 Å². The fourth-order valence-electron chi connectivity index (χ4n) is 4.44. The first-order valence-electron chi connectivity index (χ1n) is 10.1. The van der Waals surface area contributed by atoms with Crippen molar-refractivity contribution in [1.29, 1.82) is 0 Å². The predicted molar refractivity (Wildman–Crippen MR) is 114 cm³/mol. The predicted octanol–water partition coefficient (Wildman–Crippen LogP) is 3.72. The summed E-state index contributed by atoms with van der Waals surface area (Å²) >= 11 is 0. The van der Waals surface area contributed by atoms with Gasteiger partial charge in [0.25, 0.3) is 0 Å². The van der Waals surface area contributed by atoms with Gasteiger partial charge >= 0.3 is 0 Å². The monoisotopic (exact) mass is 429 g/mol. The lowest BCUT2D eigenvalue weighted by atomic mass is 9.80. The molecular weight excluding hydrogens is 402 g/mol. The van der Waals surface area contributed by atoms with E-state index >= 15 is 0 Å². The maximum Gasteiger partial charge on any atom is 0.244 e. The summed E-state index contributed by atoms with van der Waals surface area (Å²) in [6, 6.07) is 12.2. The number of benzene rings is 2. The van der Waals surface area contributed by atoms with Gasteiger partial charge in [-0.15, -0.1) is 0 Å². The molecule has 0 radical (unpaired) electrons. The Morgan fingerprint density at radius 2 is 1.83 bits per heavy atom. The lowest BCUT2D eigenvalue weighted by Crippen LogP contribution is -2.64. The molecule has 0 N–H and O–H groups in total. The molecule has 2 aromatic rings. The number of likely N-dealkylation sites (tertiary alicyclic amines) is 1. The van der Waals surface area contributed by atoms with Gasteiger partial charge in [0, 0.05) is 24.9 Å². The van der Waals surface area contributed by atoms with Gasteiger partial charge in [0.1, 0.15) is 11.5 Å². The Kier molecular flexibility index (Phi) is 4.84. The van der Waals surface area contributed by atoms with Crippen LogP contribution in [0.15, 0.2) is 47.4 Å². The molecule has 6 nitrogen and oxygen atoms in total. The number of rotatable bonds is 4. The lowest BCUT2D eigenvalue weighted by molar-refractivity contribution is -0.159. The van der Waals surface area contributed by atoms with Gasteiger partial charge in [0.2, 0.25) is 5.91 Å². The Hall–Kier alpha value is -2.54. The maximum atomic E-state index is 13.7. The molecule has 4 rings (SSSR count). The van der Waals surface area contributed by atoms with E-state index in [1.165, 1.54) is 4.90 Å². The largest absolute Gasteiger partial charge is 0.497 e. The van der Waals surface area contributed by atoms with Crippen LogP contribution in [0.5, 0.6) is 11.5 Å². The van der Waals surface area contributed by atoms with Gasteiger partial charge in [-0.2, -0.15) is 0 Å². The van der Waals surface area contributed by atoms with Crippen molar-refractivity contribution in [2.45, 2.75) is 54.9 Å². The normalized spacial score (nSPS) is 25.7. The fraction of sp³-hybridized carbons (Fsp3) is 0.435. The van der Waals surface area contributed by atoms with Crippen LogP contribution in [0, 0.1) is 0 Å². The summed E-state index contributed by atoms with van der Waals surface area (Å²) in [6.07, 6.45) is 0.392. The molecule has 3 atom stereocenters. The summed E-state index contributed by atoms with van der Waals surface area (Å²) in [7, 11) is -0.750. The Morgan fingerprint density at radius 1 is 1.17 bits per heavy atom. The van der Waals surface area contributed by atoms with Crippen molar-refractivity contribution in [3.63, 3.8) is 0 Å². The third-order valence-electron chi connectivity index (χ3n) is 6.40. The first kappa shape index (κ1) is 20.7. The summed E-state index contributed by atoms with van der Waals surface area (Å²) < 4.78 is 38.8.